The van der Waals surface area contributed by atoms with E-state index in [4.69, 9.17) is 0 Å². The Bertz CT molecular complexity index is 233. The molecule has 2 saturated carbocycles. The van der Waals surface area contributed by atoms with Gasteiger partial charge >= 0.3 is 0 Å². The van der Waals surface area contributed by atoms with Gasteiger partial charge in [0.2, 0.25) is 0 Å². The minimum Gasteiger partial charge on any atom is -0.393 e. The third kappa shape index (κ3) is 1.17. The Balaban J connectivity index is 2.28. The van der Waals surface area contributed by atoms with Crippen LogP contribution in [0.15, 0.2) is 12.2 Å². The van der Waals surface area contributed by atoms with E-state index in [1.54, 1.807) is 0 Å². The van der Waals surface area contributed by atoms with Crippen molar-refractivity contribution in [1.29, 1.82) is 0 Å². The highest BCUT2D eigenvalue weighted by molar-refractivity contribution is 5.19. The lowest BCUT2D eigenvalue weighted by Gasteiger charge is -2.43. The van der Waals surface area contributed by atoms with Crippen LogP contribution >= 0.6 is 0 Å². The quantitative estimate of drug-likeness (QED) is 0.568. The van der Waals surface area contributed by atoms with E-state index in [0.29, 0.717) is 11.3 Å². The van der Waals surface area contributed by atoms with Crippen LogP contribution in [0, 0.1) is 17.3 Å². The maximum absolute atomic E-state index is 9.67. The molecule has 0 aromatic heterocycles. The summed E-state index contributed by atoms with van der Waals surface area (Å²) in [6.07, 6.45) is 4.31. The van der Waals surface area contributed by atoms with Gasteiger partial charge in [-0.25, -0.2) is 0 Å². The van der Waals surface area contributed by atoms with Gasteiger partial charge in [0, 0.05) is 0 Å². The van der Waals surface area contributed by atoms with Crippen LogP contribution in [0.1, 0.15) is 39.5 Å². The maximum Gasteiger partial charge on any atom is 0.0580 e. The highest BCUT2D eigenvalue weighted by Crippen LogP contribution is 2.57. The molecule has 13 heavy (non-hydrogen) atoms. The van der Waals surface area contributed by atoms with Crippen LogP contribution in [-0.2, 0) is 0 Å². The summed E-state index contributed by atoms with van der Waals surface area (Å²) in [6, 6.07) is 0. The normalized spacial score (nSPS) is 50.7. The Morgan fingerprint density at radius 3 is 2.85 bits per heavy atom. The van der Waals surface area contributed by atoms with Gasteiger partial charge in [0.15, 0.2) is 0 Å². The minimum atomic E-state index is -0.115. The molecular formula is C12H20O. The van der Waals surface area contributed by atoms with Gasteiger partial charge in [0.25, 0.3) is 0 Å². The lowest BCUT2D eigenvalue weighted by atomic mass is 9.63. The SMILES string of the molecule is C=C1CC(O)CC2CCC(C)C12C. The van der Waals surface area contributed by atoms with Crippen molar-refractivity contribution >= 4 is 0 Å². The van der Waals surface area contributed by atoms with Gasteiger partial charge < -0.3 is 5.11 Å². The fourth-order valence-electron chi connectivity index (χ4n) is 3.37. The molecule has 0 aromatic rings. The monoisotopic (exact) mass is 180 g/mol. The summed E-state index contributed by atoms with van der Waals surface area (Å²) in [5.74, 6) is 1.45. The zero-order valence-corrected chi connectivity index (χ0v) is 8.71. The van der Waals surface area contributed by atoms with E-state index in [-0.39, 0.29) is 6.10 Å². The second-order valence-corrected chi connectivity index (χ2v) is 5.16. The van der Waals surface area contributed by atoms with Crippen molar-refractivity contribution in [3.63, 3.8) is 0 Å². The Morgan fingerprint density at radius 1 is 1.46 bits per heavy atom. The molecule has 0 heterocycles. The lowest BCUT2D eigenvalue weighted by molar-refractivity contribution is 0.0642. The van der Waals surface area contributed by atoms with Crippen LogP contribution in [0.5, 0.6) is 0 Å². The van der Waals surface area contributed by atoms with Gasteiger partial charge in [0.1, 0.15) is 0 Å². The van der Waals surface area contributed by atoms with Gasteiger partial charge in [-0.2, -0.15) is 0 Å². The third-order valence-corrected chi connectivity index (χ3v) is 4.62. The maximum atomic E-state index is 9.67. The van der Waals surface area contributed by atoms with E-state index in [9.17, 15) is 5.11 Å². The summed E-state index contributed by atoms with van der Waals surface area (Å²) in [4.78, 5) is 0. The second kappa shape index (κ2) is 2.84. The van der Waals surface area contributed by atoms with Crippen LogP contribution in [-0.4, -0.2) is 11.2 Å². The van der Waals surface area contributed by atoms with Gasteiger partial charge in [-0.1, -0.05) is 26.0 Å². The average Bonchev–Trinajstić information content (AvgIpc) is 2.33. The largest absolute Gasteiger partial charge is 0.393 e. The molecule has 2 rings (SSSR count). The predicted molar refractivity (Wildman–Crippen MR) is 54.4 cm³/mol. The summed E-state index contributed by atoms with van der Waals surface area (Å²) in [6.45, 7) is 8.86. The molecule has 0 spiro atoms. The first-order chi connectivity index (χ1) is 6.05. The molecule has 0 aromatic carbocycles. The van der Waals surface area contributed by atoms with Crippen molar-refractivity contribution < 1.29 is 5.11 Å². The summed E-state index contributed by atoms with van der Waals surface area (Å²) >= 11 is 0. The minimum absolute atomic E-state index is 0.115. The fraction of sp³-hybridized carbons (Fsp3) is 0.833. The molecule has 1 N–H and O–H groups in total. The number of hydrogen-bond donors (Lipinski definition) is 1. The first-order valence-electron chi connectivity index (χ1n) is 5.41. The van der Waals surface area contributed by atoms with E-state index < -0.39 is 0 Å². The molecule has 1 nitrogen and oxygen atoms in total. The van der Waals surface area contributed by atoms with Crippen molar-refractivity contribution in [2.45, 2.75) is 45.6 Å². The molecule has 2 aliphatic rings. The molecule has 0 saturated heterocycles. The molecule has 2 fully saturated rings. The molecule has 4 atom stereocenters. The highest BCUT2D eigenvalue weighted by atomic mass is 16.3. The molecule has 1 heteroatoms. The number of rotatable bonds is 0. The highest BCUT2D eigenvalue weighted by Gasteiger charge is 2.49. The van der Waals surface area contributed by atoms with E-state index >= 15 is 0 Å². The van der Waals surface area contributed by atoms with Gasteiger partial charge in [-0.3, -0.25) is 0 Å². The topological polar surface area (TPSA) is 20.2 Å². The van der Waals surface area contributed by atoms with E-state index in [1.165, 1.54) is 18.4 Å². The Hall–Kier alpha value is -0.300. The van der Waals surface area contributed by atoms with Crippen molar-refractivity contribution in [1.82, 2.24) is 0 Å². The van der Waals surface area contributed by atoms with Crippen molar-refractivity contribution in [3.05, 3.63) is 12.2 Å². The predicted octanol–water partition coefficient (Wildman–Crippen LogP) is 2.75. The second-order valence-electron chi connectivity index (χ2n) is 5.16. The van der Waals surface area contributed by atoms with Crippen LogP contribution in [0.2, 0.25) is 0 Å². The van der Waals surface area contributed by atoms with Crippen molar-refractivity contribution in [2.75, 3.05) is 0 Å². The fourth-order valence-corrected chi connectivity index (χ4v) is 3.37. The number of aliphatic hydroxyl groups is 1. The average molecular weight is 180 g/mol. The lowest BCUT2D eigenvalue weighted by Crippen LogP contribution is -2.37. The Labute approximate surface area is 80.8 Å². The van der Waals surface area contributed by atoms with Crippen LogP contribution in [0.3, 0.4) is 0 Å². The molecular weight excluding hydrogens is 160 g/mol. The Kier molecular flexibility index (Phi) is 2.03. The molecule has 0 amide bonds. The third-order valence-electron chi connectivity index (χ3n) is 4.62. The van der Waals surface area contributed by atoms with Gasteiger partial charge in [-0.15, -0.1) is 0 Å². The first kappa shape index (κ1) is 9.26. The van der Waals surface area contributed by atoms with Gasteiger partial charge in [0.05, 0.1) is 6.10 Å². The number of aliphatic hydroxyl groups excluding tert-OH is 1. The molecule has 4 unspecified atom stereocenters. The molecule has 0 bridgehead atoms. The zero-order valence-electron chi connectivity index (χ0n) is 8.71. The number of fused-ring (bicyclic) bond motifs is 1. The first-order valence-corrected chi connectivity index (χ1v) is 5.41. The summed E-state index contributed by atoms with van der Waals surface area (Å²) in [7, 11) is 0. The van der Waals surface area contributed by atoms with Crippen molar-refractivity contribution in [2.24, 2.45) is 17.3 Å². The van der Waals surface area contributed by atoms with Crippen LogP contribution in [0.25, 0.3) is 0 Å². The summed E-state index contributed by atoms with van der Waals surface area (Å²) in [5, 5.41) is 9.67. The van der Waals surface area contributed by atoms with E-state index in [0.717, 1.165) is 18.8 Å². The molecule has 2 aliphatic carbocycles. The van der Waals surface area contributed by atoms with Crippen molar-refractivity contribution in [3.8, 4) is 0 Å². The molecule has 74 valence electrons. The summed E-state index contributed by atoms with van der Waals surface area (Å²) < 4.78 is 0. The van der Waals surface area contributed by atoms with Gasteiger partial charge in [-0.05, 0) is 42.9 Å². The van der Waals surface area contributed by atoms with E-state index in [1.807, 2.05) is 0 Å². The zero-order chi connectivity index (χ0) is 9.64. The summed E-state index contributed by atoms with van der Waals surface area (Å²) in [5.41, 5.74) is 1.63. The number of hydrogen-bond acceptors (Lipinski definition) is 1. The standard InChI is InChI=1S/C12H20O/c1-8-4-5-10-7-11(13)6-9(2)12(8,10)3/h8,10-11,13H,2,4-7H2,1,3H3. The van der Waals surface area contributed by atoms with E-state index in [2.05, 4.69) is 20.4 Å². The Morgan fingerprint density at radius 2 is 2.15 bits per heavy atom. The van der Waals surface area contributed by atoms with Crippen LogP contribution < -0.4 is 0 Å². The smallest absolute Gasteiger partial charge is 0.0580 e. The molecule has 0 radical (unpaired) electrons. The molecule has 0 aliphatic heterocycles. The van der Waals surface area contributed by atoms with Crippen LogP contribution in [0.4, 0.5) is 0 Å².